The van der Waals surface area contributed by atoms with Crippen LogP contribution in [0.2, 0.25) is 0 Å². The van der Waals surface area contributed by atoms with Crippen LogP contribution in [-0.2, 0) is 0 Å². The van der Waals surface area contributed by atoms with Crippen molar-refractivity contribution in [2.75, 3.05) is 13.7 Å². The van der Waals surface area contributed by atoms with Crippen LogP contribution < -0.4 is 15.1 Å². The van der Waals surface area contributed by atoms with Crippen molar-refractivity contribution in [1.29, 1.82) is 0 Å². The van der Waals surface area contributed by atoms with E-state index in [9.17, 15) is 9.90 Å². The van der Waals surface area contributed by atoms with Gasteiger partial charge in [-0.3, -0.25) is 0 Å². The van der Waals surface area contributed by atoms with Gasteiger partial charge in [-0.1, -0.05) is 6.58 Å². The number of fused-ring (bicyclic) bond motifs is 2. The van der Waals surface area contributed by atoms with E-state index in [1.165, 1.54) is 19.4 Å². The molecule has 0 saturated heterocycles. The summed E-state index contributed by atoms with van der Waals surface area (Å²) in [5.41, 5.74) is 0.740. The van der Waals surface area contributed by atoms with Crippen molar-refractivity contribution in [2.24, 2.45) is 0 Å². The molecule has 0 aliphatic carbocycles. The van der Waals surface area contributed by atoms with E-state index in [2.05, 4.69) is 6.58 Å². The second-order valence-corrected chi connectivity index (χ2v) is 5.20. The second kappa shape index (κ2) is 5.81. The summed E-state index contributed by atoms with van der Waals surface area (Å²) < 4.78 is 21.8. The van der Waals surface area contributed by atoms with Crippen LogP contribution in [-0.4, -0.2) is 24.9 Å². The van der Waals surface area contributed by atoms with Crippen molar-refractivity contribution < 1.29 is 23.4 Å². The Kier molecular flexibility index (Phi) is 3.83. The summed E-state index contributed by atoms with van der Waals surface area (Å²) in [6.45, 7) is 5.43. The van der Waals surface area contributed by atoms with Crippen LogP contribution in [0.5, 0.6) is 11.5 Å². The van der Waals surface area contributed by atoms with Gasteiger partial charge in [-0.2, -0.15) is 0 Å². The highest BCUT2D eigenvalue weighted by molar-refractivity contribution is 6.06. The quantitative estimate of drug-likeness (QED) is 0.576. The molecule has 1 aromatic carbocycles. The average molecular weight is 316 g/mol. The number of furan rings is 1. The maximum absolute atomic E-state index is 11.5. The molecule has 1 atom stereocenters. The van der Waals surface area contributed by atoms with Crippen LogP contribution in [0.15, 0.2) is 50.2 Å². The normalized spacial score (nSPS) is 12.5. The van der Waals surface area contributed by atoms with E-state index in [1.54, 1.807) is 19.1 Å². The molecule has 6 heteroatoms. The first kappa shape index (κ1) is 15.2. The highest BCUT2D eigenvalue weighted by Gasteiger charge is 2.21. The first-order valence-corrected chi connectivity index (χ1v) is 7.00. The lowest BCUT2D eigenvalue weighted by molar-refractivity contribution is 0.137. The standard InChI is InChI=1S/C17H16O6/c1-9(2)12(18)8-22-14-10-4-5-13(19)23-16(10)17(20-3)15-11(14)6-7-21-15/h4-7,12,18H,1,8H2,2-3H3/t12-/m0/s1. The molecule has 0 saturated carbocycles. The molecule has 120 valence electrons. The third-order valence-electron chi connectivity index (χ3n) is 3.56. The topological polar surface area (TPSA) is 82.0 Å². The molecule has 2 aromatic heterocycles. The van der Waals surface area contributed by atoms with Gasteiger partial charge < -0.3 is 23.4 Å². The number of aliphatic hydroxyl groups excluding tert-OH is 1. The summed E-state index contributed by atoms with van der Waals surface area (Å²) in [5.74, 6) is 0.777. The minimum Gasteiger partial charge on any atom is -0.490 e. The summed E-state index contributed by atoms with van der Waals surface area (Å²) in [6, 6.07) is 4.62. The predicted octanol–water partition coefficient (Wildman–Crippen LogP) is 2.86. The first-order chi connectivity index (χ1) is 11.0. The molecule has 0 fully saturated rings. The number of rotatable bonds is 5. The Morgan fingerprint density at radius 1 is 1.26 bits per heavy atom. The molecule has 3 aromatic rings. The molecule has 2 heterocycles. The van der Waals surface area contributed by atoms with Crippen LogP contribution in [0.3, 0.4) is 0 Å². The van der Waals surface area contributed by atoms with Gasteiger partial charge in [0.1, 0.15) is 18.5 Å². The smallest absolute Gasteiger partial charge is 0.336 e. The monoisotopic (exact) mass is 316 g/mol. The van der Waals surface area contributed by atoms with Gasteiger partial charge in [0.05, 0.1) is 24.1 Å². The van der Waals surface area contributed by atoms with Gasteiger partial charge >= 0.3 is 5.63 Å². The lowest BCUT2D eigenvalue weighted by Gasteiger charge is -2.15. The summed E-state index contributed by atoms with van der Waals surface area (Å²) >= 11 is 0. The Bertz CT molecular complexity index is 933. The predicted molar refractivity (Wildman–Crippen MR) is 85.1 cm³/mol. The van der Waals surface area contributed by atoms with Crippen LogP contribution in [0, 0.1) is 0 Å². The molecule has 0 amide bonds. The molecule has 3 rings (SSSR count). The van der Waals surface area contributed by atoms with Crippen molar-refractivity contribution >= 4 is 21.9 Å². The summed E-state index contributed by atoms with van der Waals surface area (Å²) in [6.07, 6.45) is 0.691. The van der Waals surface area contributed by atoms with E-state index < -0.39 is 11.7 Å². The molecule has 6 nitrogen and oxygen atoms in total. The Hall–Kier alpha value is -2.73. The van der Waals surface area contributed by atoms with Gasteiger partial charge in [-0.05, 0) is 24.6 Å². The van der Waals surface area contributed by atoms with Crippen LogP contribution >= 0.6 is 0 Å². The average Bonchev–Trinajstić information content (AvgIpc) is 3.00. The van der Waals surface area contributed by atoms with Crippen molar-refractivity contribution in [2.45, 2.75) is 13.0 Å². The fraction of sp³-hybridized carbons (Fsp3) is 0.235. The largest absolute Gasteiger partial charge is 0.490 e. The van der Waals surface area contributed by atoms with Gasteiger partial charge in [0, 0.05) is 6.07 Å². The van der Waals surface area contributed by atoms with E-state index in [0.29, 0.717) is 33.4 Å². The number of methoxy groups -OCH3 is 1. The van der Waals surface area contributed by atoms with E-state index in [-0.39, 0.29) is 12.2 Å². The molecule has 0 bridgehead atoms. The van der Waals surface area contributed by atoms with Crippen molar-refractivity contribution in [3.8, 4) is 11.5 Å². The summed E-state index contributed by atoms with van der Waals surface area (Å²) in [7, 11) is 1.47. The SMILES string of the molecule is C=C(C)[C@@H](O)COc1c2ccoc2c(OC)c2oc(=O)ccc12. The van der Waals surface area contributed by atoms with Gasteiger partial charge in [0.25, 0.3) is 0 Å². The molecule has 0 radical (unpaired) electrons. The Morgan fingerprint density at radius 2 is 2.00 bits per heavy atom. The highest BCUT2D eigenvalue weighted by Crippen LogP contribution is 2.42. The van der Waals surface area contributed by atoms with Crippen LogP contribution in [0.25, 0.3) is 21.9 Å². The third kappa shape index (κ3) is 2.57. The molecule has 1 N–H and O–H groups in total. The number of ether oxygens (including phenoxy) is 2. The number of aliphatic hydroxyl groups is 1. The molecular formula is C17H16O6. The Labute approximate surface area is 131 Å². The number of hydrogen-bond acceptors (Lipinski definition) is 6. The molecule has 0 aliphatic rings. The summed E-state index contributed by atoms with van der Waals surface area (Å²) in [5, 5.41) is 11.1. The Balaban J connectivity index is 2.23. The minimum absolute atomic E-state index is 0.0240. The Morgan fingerprint density at radius 3 is 2.70 bits per heavy atom. The highest BCUT2D eigenvalue weighted by atomic mass is 16.5. The van der Waals surface area contributed by atoms with Crippen molar-refractivity contribution in [3.05, 3.63) is 47.0 Å². The minimum atomic E-state index is -0.801. The van der Waals surface area contributed by atoms with Gasteiger partial charge in [0.15, 0.2) is 11.2 Å². The molecule has 0 aliphatic heterocycles. The fourth-order valence-corrected chi connectivity index (χ4v) is 2.32. The van der Waals surface area contributed by atoms with Crippen molar-refractivity contribution in [1.82, 2.24) is 0 Å². The van der Waals surface area contributed by atoms with Crippen LogP contribution in [0.1, 0.15) is 6.92 Å². The molecule has 23 heavy (non-hydrogen) atoms. The van der Waals surface area contributed by atoms with E-state index in [4.69, 9.17) is 18.3 Å². The zero-order chi connectivity index (χ0) is 16.6. The molecule has 0 spiro atoms. The van der Waals surface area contributed by atoms with E-state index in [0.717, 1.165) is 0 Å². The number of hydrogen-bond donors (Lipinski definition) is 1. The zero-order valence-corrected chi connectivity index (χ0v) is 12.8. The van der Waals surface area contributed by atoms with Crippen LogP contribution in [0.4, 0.5) is 0 Å². The van der Waals surface area contributed by atoms with Gasteiger partial charge in [0.2, 0.25) is 5.75 Å². The summed E-state index contributed by atoms with van der Waals surface area (Å²) in [4.78, 5) is 11.5. The first-order valence-electron chi connectivity index (χ1n) is 7.00. The maximum atomic E-state index is 11.5. The van der Waals surface area contributed by atoms with Crippen molar-refractivity contribution in [3.63, 3.8) is 0 Å². The molecular weight excluding hydrogens is 300 g/mol. The van der Waals surface area contributed by atoms with Gasteiger partial charge in [-0.25, -0.2) is 4.79 Å². The maximum Gasteiger partial charge on any atom is 0.336 e. The fourth-order valence-electron chi connectivity index (χ4n) is 2.32. The second-order valence-electron chi connectivity index (χ2n) is 5.20. The van der Waals surface area contributed by atoms with Gasteiger partial charge in [-0.15, -0.1) is 0 Å². The zero-order valence-electron chi connectivity index (χ0n) is 12.8. The molecule has 0 unspecified atom stereocenters. The third-order valence-corrected chi connectivity index (χ3v) is 3.56. The lowest BCUT2D eigenvalue weighted by Crippen LogP contribution is -2.18. The lowest BCUT2D eigenvalue weighted by atomic mass is 10.1. The number of benzene rings is 1. The van der Waals surface area contributed by atoms with E-state index >= 15 is 0 Å². The van der Waals surface area contributed by atoms with E-state index in [1.807, 2.05) is 0 Å².